The molecule has 2 atom stereocenters. The Bertz CT molecular complexity index is 749. The molecule has 2 N–H and O–H groups in total. The quantitative estimate of drug-likeness (QED) is 0.615. The highest BCUT2D eigenvalue weighted by Crippen LogP contribution is 2.32. The van der Waals surface area contributed by atoms with E-state index in [9.17, 15) is 5.11 Å². The van der Waals surface area contributed by atoms with E-state index < -0.39 is 6.10 Å². The Morgan fingerprint density at radius 3 is 2.75 bits per heavy atom. The van der Waals surface area contributed by atoms with Crippen LogP contribution in [0, 0.1) is 0 Å². The number of aryl methyl sites for hydroxylation is 1. The van der Waals surface area contributed by atoms with Crippen LogP contribution in [0.1, 0.15) is 35.6 Å². The molecule has 0 saturated heterocycles. The number of aliphatic hydroxyl groups excluding tert-OH is 1. The normalized spacial score (nSPS) is 17.0. The van der Waals surface area contributed by atoms with E-state index in [1.165, 1.54) is 11.1 Å². The van der Waals surface area contributed by atoms with Crippen molar-refractivity contribution in [3.05, 3.63) is 59.2 Å². The second kappa shape index (κ2) is 10.5. The third-order valence-corrected chi connectivity index (χ3v) is 5.22. The number of ether oxygens (including phenoxy) is 3. The molecule has 5 nitrogen and oxygen atoms in total. The predicted octanol–water partition coefficient (Wildman–Crippen LogP) is 3.29. The Hall–Kier alpha value is -2.08. The molecule has 152 valence electrons. The molecule has 0 fully saturated rings. The fourth-order valence-electron chi connectivity index (χ4n) is 3.71. The second-order valence-electron chi connectivity index (χ2n) is 7.21. The van der Waals surface area contributed by atoms with E-state index in [2.05, 4.69) is 29.6 Å². The number of rotatable bonds is 10. The Morgan fingerprint density at radius 1 is 1.11 bits per heavy atom. The third kappa shape index (κ3) is 5.47. The first kappa shape index (κ1) is 20.6. The molecule has 0 aliphatic heterocycles. The van der Waals surface area contributed by atoms with Gasteiger partial charge in [-0.2, -0.15) is 0 Å². The van der Waals surface area contributed by atoms with Crippen molar-refractivity contribution in [2.24, 2.45) is 0 Å². The first-order valence-corrected chi connectivity index (χ1v) is 10.0. The maximum atomic E-state index is 10.3. The number of fused-ring (bicyclic) bond motifs is 1. The number of nitrogens with one attached hydrogen (secondary N) is 1. The second-order valence-corrected chi connectivity index (χ2v) is 7.21. The van der Waals surface area contributed by atoms with E-state index in [4.69, 9.17) is 14.2 Å². The Morgan fingerprint density at radius 2 is 1.93 bits per heavy atom. The van der Waals surface area contributed by atoms with Gasteiger partial charge in [0.1, 0.15) is 0 Å². The highest BCUT2D eigenvalue weighted by molar-refractivity contribution is 5.42. The molecule has 1 aliphatic carbocycles. The number of aliphatic hydroxyl groups is 1. The minimum Gasteiger partial charge on any atom is -0.493 e. The van der Waals surface area contributed by atoms with E-state index in [0.717, 1.165) is 49.3 Å². The molecule has 0 radical (unpaired) electrons. The van der Waals surface area contributed by atoms with Gasteiger partial charge in [-0.15, -0.1) is 0 Å². The van der Waals surface area contributed by atoms with Crippen molar-refractivity contribution in [1.82, 2.24) is 5.32 Å². The highest BCUT2D eigenvalue weighted by atomic mass is 16.5. The molecule has 0 spiro atoms. The molecule has 2 aromatic carbocycles. The summed E-state index contributed by atoms with van der Waals surface area (Å²) >= 11 is 0. The van der Waals surface area contributed by atoms with Crippen LogP contribution in [-0.4, -0.2) is 45.1 Å². The molecule has 0 saturated carbocycles. The van der Waals surface area contributed by atoms with Crippen LogP contribution in [0.25, 0.3) is 0 Å². The lowest BCUT2D eigenvalue weighted by Crippen LogP contribution is -2.32. The van der Waals surface area contributed by atoms with Gasteiger partial charge in [-0.05, 0) is 61.1 Å². The lowest BCUT2D eigenvalue weighted by atomic mass is 9.89. The molecule has 0 heterocycles. The Balaban J connectivity index is 1.38. The standard InChI is InChI=1S/C23H31NO4/c1-26-22-11-10-17(14-23(22)27-2)12-13-24-15-19(25)16-28-21-9-5-7-18-6-3-4-8-20(18)21/h3-4,6,8,10-11,14,19,21,24-25H,5,7,9,12-13,15-16H2,1-2H3/t19-,21-/m0/s1. The summed E-state index contributed by atoms with van der Waals surface area (Å²) in [5.41, 5.74) is 3.82. The molecular formula is C23H31NO4. The van der Waals surface area contributed by atoms with Crippen LogP contribution in [0.4, 0.5) is 0 Å². The monoisotopic (exact) mass is 385 g/mol. The zero-order valence-corrected chi connectivity index (χ0v) is 16.8. The van der Waals surface area contributed by atoms with Crippen molar-refractivity contribution >= 4 is 0 Å². The van der Waals surface area contributed by atoms with Gasteiger partial charge in [0.15, 0.2) is 11.5 Å². The van der Waals surface area contributed by atoms with E-state index in [0.29, 0.717) is 13.2 Å². The maximum absolute atomic E-state index is 10.3. The number of benzene rings is 2. The Labute approximate surface area is 167 Å². The molecule has 0 bridgehead atoms. The van der Waals surface area contributed by atoms with Crippen LogP contribution in [0.15, 0.2) is 42.5 Å². The Kier molecular flexibility index (Phi) is 7.71. The molecule has 5 heteroatoms. The van der Waals surface area contributed by atoms with Gasteiger partial charge in [0, 0.05) is 6.54 Å². The van der Waals surface area contributed by atoms with Crippen LogP contribution in [-0.2, 0) is 17.6 Å². The maximum Gasteiger partial charge on any atom is 0.160 e. The van der Waals surface area contributed by atoms with Crippen molar-refractivity contribution in [2.75, 3.05) is 33.9 Å². The van der Waals surface area contributed by atoms with Crippen LogP contribution in [0.3, 0.4) is 0 Å². The minimum atomic E-state index is -0.514. The van der Waals surface area contributed by atoms with Gasteiger partial charge < -0.3 is 24.6 Å². The summed E-state index contributed by atoms with van der Waals surface area (Å²) in [6.07, 6.45) is 3.73. The average Bonchev–Trinajstić information content (AvgIpc) is 2.75. The fraction of sp³-hybridized carbons (Fsp3) is 0.478. The van der Waals surface area contributed by atoms with Gasteiger partial charge in [0.2, 0.25) is 0 Å². The summed E-state index contributed by atoms with van der Waals surface area (Å²) in [5, 5.41) is 13.6. The van der Waals surface area contributed by atoms with E-state index in [1.807, 2.05) is 18.2 Å². The summed E-state index contributed by atoms with van der Waals surface area (Å²) in [4.78, 5) is 0. The highest BCUT2D eigenvalue weighted by Gasteiger charge is 2.21. The van der Waals surface area contributed by atoms with Crippen molar-refractivity contribution < 1.29 is 19.3 Å². The summed E-state index contributed by atoms with van der Waals surface area (Å²) in [5.74, 6) is 1.47. The first-order valence-electron chi connectivity index (χ1n) is 10.0. The van der Waals surface area contributed by atoms with E-state index in [-0.39, 0.29) is 6.10 Å². The molecule has 28 heavy (non-hydrogen) atoms. The minimum absolute atomic E-state index is 0.103. The van der Waals surface area contributed by atoms with E-state index >= 15 is 0 Å². The van der Waals surface area contributed by atoms with Crippen molar-refractivity contribution in [2.45, 2.75) is 37.9 Å². The largest absolute Gasteiger partial charge is 0.493 e. The number of hydrogen-bond donors (Lipinski definition) is 2. The summed E-state index contributed by atoms with van der Waals surface area (Å²) in [6, 6.07) is 14.4. The molecule has 1 aliphatic rings. The van der Waals surface area contributed by atoms with Crippen LogP contribution in [0.2, 0.25) is 0 Å². The van der Waals surface area contributed by atoms with Crippen molar-refractivity contribution in [3.63, 3.8) is 0 Å². The fourth-order valence-corrected chi connectivity index (χ4v) is 3.71. The van der Waals surface area contributed by atoms with Crippen molar-refractivity contribution in [1.29, 1.82) is 0 Å². The van der Waals surface area contributed by atoms with Gasteiger partial charge in [0.05, 0.1) is 33.0 Å². The molecule has 0 aromatic heterocycles. The van der Waals surface area contributed by atoms with E-state index in [1.54, 1.807) is 14.2 Å². The van der Waals surface area contributed by atoms with Gasteiger partial charge in [-0.25, -0.2) is 0 Å². The topological polar surface area (TPSA) is 60.0 Å². The lowest BCUT2D eigenvalue weighted by molar-refractivity contribution is -0.0166. The zero-order chi connectivity index (χ0) is 19.8. The summed E-state index contributed by atoms with van der Waals surface area (Å²) in [6.45, 7) is 1.64. The van der Waals surface area contributed by atoms with Gasteiger partial charge in [0.25, 0.3) is 0 Å². The molecule has 0 unspecified atom stereocenters. The summed E-state index contributed by atoms with van der Waals surface area (Å²) in [7, 11) is 3.27. The van der Waals surface area contributed by atoms with Gasteiger partial charge >= 0.3 is 0 Å². The van der Waals surface area contributed by atoms with Crippen LogP contribution in [0.5, 0.6) is 11.5 Å². The average molecular weight is 386 g/mol. The lowest BCUT2D eigenvalue weighted by Gasteiger charge is -2.26. The molecule has 3 rings (SSSR count). The molecular weight excluding hydrogens is 354 g/mol. The van der Waals surface area contributed by atoms with Gasteiger partial charge in [-0.3, -0.25) is 0 Å². The van der Waals surface area contributed by atoms with Crippen molar-refractivity contribution in [3.8, 4) is 11.5 Å². The predicted molar refractivity (Wildman–Crippen MR) is 110 cm³/mol. The number of hydrogen-bond acceptors (Lipinski definition) is 5. The van der Waals surface area contributed by atoms with Crippen LogP contribution < -0.4 is 14.8 Å². The smallest absolute Gasteiger partial charge is 0.160 e. The molecule has 2 aromatic rings. The first-order chi connectivity index (χ1) is 13.7. The van der Waals surface area contributed by atoms with Gasteiger partial charge in [-0.1, -0.05) is 30.3 Å². The summed E-state index contributed by atoms with van der Waals surface area (Å²) < 4.78 is 16.6. The SMILES string of the molecule is COc1ccc(CCNC[C@H](O)CO[C@H]2CCCc3ccccc32)cc1OC. The third-order valence-electron chi connectivity index (χ3n) is 5.22. The zero-order valence-electron chi connectivity index (χ0n) is 16.8. The molecule has 0 amide bonds. The number of methoxy groups -OCH3 is 2. The van der Waals surface area contributed by atoms with Crippen LogP contribution >= 0.6 is 0 Å².